The van der Waals surface area contributed by atoms with E-state index in [-0.39, 0.29) is 0 Å². The van der Waals surface area contributed by atoms with Crippen LogP contribution in [0.3, 0.4) is 0 Å². The van der Waals surface area contributed by atoms with Crippen LogP contribution in [0.25, 0.3) is 0 Å². The third kappa shape index (κ3) is 3.48. The fourth-order valence-corrected chi connectivity index (χ4v) is 2.19. The highest BCUT2D eigenvalue weighted by atomic mass is 16.3. The number of nitrogens with zero attached hydrogens (tertiary/aromatic N) is 2. The summed E-state index contributed by atoms with van der Waals surface area (Å²) in [5.74, 6) is 0.517. The molecule has 0 saturated carbocycles. The van der Waals surface area contributed by atoms with E-state index in [0.29, 0.717) is 18.4 Å². The van der Waals surface area contributed by atoms with Crippen LogP contribution in [-0.4, -0.2) is 14.9 Å². The summed E-state index contributed by atoms with van der Waals surface area (Å²) in [7, 11) is 0. The molecule has 1 atom stereocenters. The minimum absolute atomic E-state index is 0.353. The van der Waals surface area contributed by atoms with Crippen molar-refractivity contribution >= 4 is 0 Å². The largest absolute Gasteiger partial charge is 0.388 e. The average molecular weight is 272 g/mol. The van der Waals surface area contributed by atoms with Crippen LogP contribution < -0.4 is 0 Å². The molecule has 1 unspecified atom stereocenters. The molecule has 0 aliphatic heterocycles. The molecule has 3 heteroatoms. The van der Waals surface area contributed by atoms with Crippen LogP contribution in [0.1, 0.15) is 62.6 Å². The van der Waals surface area contributed by atoms with E-state index < -0.39 is 6.10 Å². The van der Waals surface area contributed by atoms with Crippen molar-refractivity contribution in [3.05, 3.63) is 53.3 Å². The second-order valence-corrected chi connectivity index (χ2v) is 5.92. The second-order valence-electron chi connectivity index (χ2n) is 5.92. The molecule has 2 aromatic rings. The fraction of sp³-hybridized carbons (Fsp3) is 0.471. The SMILES string of the molecule is CC(C)c1ccc(C(O)Cc2ccn(C(C)C)n2)cc1. The number of hydrogen-bond acceptors (Lipinski definition) is 2. The zero-order chi connectivity index (χ0) is 14.7. The highest BCUT2D eigenvalue weighted by molar-refractivity contribution is 5.26. The second kappa shape index (κ2) is 6.23. The van der Waals surface area contributed by atoms with E-state index in [2.05, 4.69) is 44.9 Å². The Labute approximate surface area is 121 Å². The number of rotatable bonds is 5. The Morgan fingerprint density at radius 1 is 1.00 bits per heavy atom. The molecule has 2 rings (SSSR count). The molecule has 0 spiro atoms. The van der Waals surface area contributed by atoms with Crippen molar-refractivity contribution in [2.24, 2.45) is 0 Å². The van der Waals surface area contributed by atoms with Crippen molar-refractivity contribution in [2.45, 2.75) is 52.2 Å². The van der Waals surface area contributed by atoms with E-state index in [1.54, 1.807) is 0 Å². The van der Waals surface area contributed by atoms with E-state index in [4.69, 9.17) is 0 Å². The van der Waals surface area contributed by atoms with Gasteiger partial charge in [0.2, 0.25) is 0 Å². The number of aliphatic hydroxyl groups is 1. The topological polar surface area (TPSA) is 38.0 Å². The molecule has 3 nitrogen and oxygen atoms in total. The molecular formula is C17H24N2O. The maximum Gasteiger partial charge on any atom is 0.0846 e. The molecule has 0 aliphatic rings. The number of aliphatic hydroxyl groups excluding tert-OH is 1. The van der Waals surface area contributed by atoms with Gasteiger partial charge in [-0.05, 0) is 37.0 Å². The summed E-state index contributed by atoms with van der Waals surface area (Å²) in [6.45, 7) is 8.53. The molecule has 0 saturated heterocycles. The van der Waals surface area contributed by atoms with Crippen LogP contribution in [0, 0.1) is 0 Å². The zero-order valence-corrected chi connectivity index (χ0v) is 12.7. The smallest absolute Gasteiger partial charge is 0.0846 e. The molecule has 0 radical (unpaired) electrons. The summed E-state index contributed by atoms with van der Waals surface area (Å²) in [6, 6.07) is 10.5. The first kappa shape index (κ1) is 14.8. The maximum atomic E-state index is 10.3. The van der Waals surface area contributed by atoms with Crippen molar-refractivity contribution in [1.82, 2.24) is 9.78 Å². The van der Waals surface area contributed by atoms with Gasteiger partial charge in [0.25, 0.3) is 0 Å². The van der Waals surface area contributed by atoms with Crippen LogP contribution in [0.5, 0.6) is 0 Å². The fourth-order valence-electron chi connectivity index (χ4n) is 2.19. The van der Waals surface area contributed by atoms with Crippen LogP contribution in [-0.2, 0) is 6.42 Å². The van der Waals surface area contributed by atoms with Gasteiger partial charge in [-0.3, -0.25) is 4.68 Å². The highest BCUT2D eigenvalue weighted by Crippen LogP contribution is 2.21. The van der Waals surface area contributed by atoms with E-state index in [1.165, 1.54) is 5.56 Å². The van der Waals surface area contributed by atoms with Crippen molar-refractivity contribution in [2.75, 3.05) is 0 Å². The molecule has 0 aliphatic carbocycles. The lowest BCUT2D eigenvalue weighted by Crippen LogP contribution is -2.05. The Balaban J connectivity index is 2.05. The molecule has 0 amide bonds. The summed E-state index contributed by atoms with van der Waals surface area (Å²) in [4.78, 5) is 0. The molecule has 20 heavy (non-hydrogen) atoms. The lowest BCUT2D eigenvalue weighted by molar-refractivity contribution is 0.177. The van der Waals surface area contributed by atoms with E-state index in [9.17, 15) is 5.11 Å². The monoisotopic (exact) mass is 272 g/mol. The Hall–Kier alpha value is -1.61. The van der Waals surface area contributed by atoms with Crippen molar-refractivity contribution in [3.63, 3.8) is 0 Å². The Bertz CT molecular complexity index is 540. The molecule has 1 aromatic carbocycles. The predicted molar refractivity (Wildman–Crippen MR) is 81.8 cm³/mol. The Kier molecular flexibility index (Phi) is 4.61. The quantitative estimate of drug-likeness (QED) is 0.897. The van der Waals surface area contributed by atoms with Crippen LogP contribution in [0.15, 0.2) is 36.5 Å². The zero-order valence-electron chi connectivity index (χ0n) is 12.7. The van der Waals surface area contributed by atoms with Gasteiger partial charge in [-0.2, -0.15) is 5.10 Å². The molecule has 1 heterocycles. The van der Waals surface area contributed by atoms with Gasteiger partial charge >= 0.3 is 0 Å². The molecule has 1 N–H and O–H groups in total. The minimum Gasteiger partial charge on any atom is -0.388 e. The number of hydrogen-bond donors (Lipinski definition) is 1. The molecule has 0 bridgehead atoms. The number of aromatic nitrogens is 2. The van der Waals surface area contributed by atoms with E-state index in [0.717, 1.165) is 11.3 Å². The van der Waals surface area contributed by atoms with Crippen LogP contribution in [0.4, 0.5) is 0 Å². The average Bonchev–Trinajstić information content (AvgIpc) is 2.87. The summed E-state index contributed by atoms with van der Waals surface area (Å²) in [5.41, 5.74) is 3.18. The lowest BCUT2D eigenvalue weighted by atomic mass is 9.98. The normalized spacial score (nSPS) is 13.2. The van der Waals surface area contributed by atoms with Crippen molar-refractivity contribution in [1.29, 1.82) is 0 Å². The summed E-state index contributed by atoms with van der Waals surface area (Å²) in [6.07, 6.45) is 2.03. The van der Waals surface area contributed by atoms with Crippen LogP contribution in [0.2, 0.25) is 0 Å². The van der Waals surface area contributed by atoms with Gasteiger partial charge < -0.3 is 5.11 Å². The molecule has 0 fully saturated rings. The van der Waals surface area contributed by atoms with Gasteiger partial charge in [0.05, 0.1) is 11.8 Å². The molecule has 108 valence electrons. The predicted octanol–water partition coefficient (Wildman–Crippen LogP) is 3.86. The number of benzene rings is 1. The first-order chi connectivity index (χ1) is 9.47. The van der Waals surface area contributed by atoms with Gasteiger partial charge in [0.15, 0.2) is 0 Å². The summed E-state index contributed by atoms with van der Waals surface area (Å²) < 4.78 is 1.92. The van der Waals surface area contributed by atoms with Crippen LogP contribution >= 0.6 is 0 Å². The van der Waals surface area contributed by atoms with E-state index >= 15 is 0 Å². The third-order valence-corrected chi connectivity index (χ3v) is 3.58. The molecular weight excluding hydrogens is 248 g/mol. The first-order valence-electron chi connectivity index (χ1n) is 7.29. The summed E-state index contributed by atoms with van der Waals surface area (Å²) in [5, 5.41) is 14.8. The van der Waals surface area contributed by atoms with Gasteiger partial charge in [-0.15, -0.1) is 0 Å². The van der Waals surface area contributed by atoms with Gasteiger partial charge in [-0.1, -0.05) is 38.1 Å². The van der Waals surface area contributed by atoms with E-state index in [1.807, 2.05) is 29.1 Å². The Morgan fingerprint density at radius 3 is 2.10 bits per heavy atom. The Morgan fingerprint density at radius 2 is 1.60 bits per heavy atom. The lowest BCUT2D eigenvalue weighted by Gasteiger charge is -2.12. The van der Waals surface area contributed by atoms with Crippen molar-refractivity contribution in [3.8, 4) is 0 Å². The minimum atomic E-state index is -0.494. The highest BCUT2D eigenvalue weighted by Gasteiger charge is 2.11. The van der Waals surface area contributed by atoms with Gasteiger partial charge in [0, 0.05) is 18.7 Å². The standard InChI is InChI=1S/C17H24N2O/c1-12(2)14-5-7-15(8-6-14)17(20)11-16-9-10-19(18-16)13(3)4/h5-10,12-13,17,20H,11H2,1-4H3. The van der Waals surface area contributed by atoms with Gasteiger partial charge in [0.1, 0.15) is 0 Å². The molecule has 1 aromatic heterocycles. The van der Waals surface area contributed by atoms with Crippen molar-refractivity contribution < 1.29 is 5.11 Å². The first-order valence-corrected chi connectivity index (χ1v) is 7.29. The van der Waals surface area contributed by atoms with Gasteiger partial charge in [-0.25, -0.2) is 0 Å². The third-order valence-electron chi connectivity index (χ3n) is 3.58. The summed E-state index contributed by atoms with van der Waals surface area (Å²) >= 11 is 0. The maximum absolute atomic E-state index is 10.3.